The Bertz CT molecular complexity index is 880. The van der Waals surface area contributed by atoms with Gasteiger partial charge in [-0.2, -0.15) is 0 Å². The number of fused-ring (bicyclic) bond motifs is 2. The summed E-state index contributed by atoms with van der Waals surface area (Å²) >= 11 is 0. The van der Waals surface area contributed by atoms with Gasteiger partial charge in [0.15, 0.2) is 17.6 Å². The minimum atomic E-state index is -0.752. The lowest BCUT2D eigenvalue weighted by molar-refractivity contribution is -0.135. The zero-order valence-corrected chi connectivity index (χ0v) is 14.5. The Balaban J connectivity index is 1.69. The first kappa shape index (κ1) is 16.3. The standard InChI is InChI=1S/C19H18N2O5/c1-20(2)19(23)17-10-21(13-5-3-4-6-14(13)26-17)18(22)12-7-8-15-16(9-12)25-11-24-15/h3-9,17H,10-11H2,1-2H3/t17-/m0/s1. The number of anilines is 1. The lowest BCUT2D eigenvalue weighted by atomic mass is 10.1. The maximum absolute atomic E-state index is 13.1. The van der Waals surface area contributed by atoms with Crippen LogP contribution in [0, 0.1) is 0 Å². The number of amides is 2. The van der Waals surface area contributed by atoms with Crippen LogP contribution in [0.2, 0.25) is 0 Å². The SMILES string of the molecule is CN(C)C(=O)[C@@H]1CN(C(=O)c2ccc3c(c2)OCO3)c2ccccc2O1. The van der Waals surface area contributed by atoms with Crippen LogP contribution in [0.25, 0.3) is 0 Å². The molecule has 26 heavy (non-hydrogen) atoms. The summed E-state index contributed by atoms with van der Waals surface area (Å²) in [6.07, 6.45) is -0.752. The molecule has 2 amide bonds. The van der Waals surface area contributed by atoms with E-state index in [-0.39, 0.29) is 25.2 Å². The number of hydrogen-bond donors (Lipinski definition) is 0. The van der Waals surface area contributed by atoms with E-state index in [2.05, 4.69) is 0 Å². The van der Waals surface area contributed by atoms with E-state index in [0.717, 1.165) is 0 Å². The van der Waals surface area contributed by atoms with Crippen molar-refractivity contribution in [1.82, 2.24) is 4.90 Å². The van der Waals surface area contributed by atoms with Gasteiger partial charge in [-0.05, 0) is 30.3 Å². The lowest BCUT2D eigenvalue weighted by Gasteiger charge is -2.35. The van der Waals surface area contributed by atoms with Crippen molar-refractivity contribution in [2.45, 2.75) is 6.10 Å². The molecule has 0 radical (unpaired) electrons. The second-order valence-corrected chi connectivity index (χ2v) is 6.29. The van der Waals surface area contributed by atoms with E-state index < -0.39 is 6.10 Å². The van der Waals surface area contributed by atoms with Crippen LogP contribution in [0.3, 0.4) is 0 Å². The summed E-state index contributed by atoms with van der Waals surface area (Å²) < 4.78 is 16.5. The molecule has 0 N–H and O–H groups in total. The van der Waals surface area contributed by atoms with Gasteiger partial charge in [0.2, 0.25) is 6.79 Å². The predicted molar refractivity (Wildman–Crippen MR) is 93.8 cm³/mol. The van der Waals surface area contributed by atoms with E-state index in [9.17, 15) is 9.59 Å². The number of hydrogen-bond acceptors (Lipinski definition) is 5. The fraction of sp³-hybridized carbons (Fsp3) is 0.263. The molecule has 4 rings (SSSR count). The van der Waals surface area contributed by atoms with Crippen molar-refractivity contribution in [2.24, 2.45) is 0 Å². The fourth-order valence-electron chi connectivity index (χ4n) is 3.03. The van der Waals surface area contributed by atoms with Gasteiger partial charge in [0.1, 0.15) is 5.75 Å². The molecule has 0 spiro atoms. The van der Waals surface area contributed by atoms with Crippen molar-refractivity contribution in [2.75, 3.05) is 32.3 Å². The van der Waals surface area contributed by atoms with Crippen LogP contribution < -0.4 is 19.1 Å². The van der Waals surface area contributed by atoms with E-state index in [1.807, 2.05) is 12.1 Å². The van der Waals surface area contributed by atoms with Crippen molar-refractivity contribution in [3.63, 3.8) is 0 Å². The Labute approximate surface area is 150 Å². The van der Waals surface area contributed by atoms with Gasteiger partial charge in [0, 0.05) is 19.7 Å². The minimum Gasteiger partial charge on any atom is -0.476 e. The highest BCUT2D eigenvalue weighted by molar-refractivity contribution is 6.08. The molecule has 0 unspecified atom stereocenters. The third kappa shape index (κ3) is 2.71. The predicted octanol–water partition coefficient (Wildman–Crippen LogP) is 1.91. The van der Waals surface area contributed by atoms with Gasteiger partial charge in [0.05, 0.1) is 12.2 Å². The molecule has 2 aliphatic rings. The smallest absolute Gasteiger partial charge is 0.265 e. The van der Waals surface area contributed by atoms with Crippen molar-refractivity contribution >= 4 is 17.5 Å². The highest BCUT2D eigenvalue weighted by Crippen LogP contribution is 2.36. The van der Waals surface area contributed by atoms with Crippen LogP contribution in [0.1, 0.15) is 10.4 Å². The van der Waals surface area contributed by atoms with Crippen LogP contribution in [-0.4, -0.2) is 50.3 Å². The molecule has 2 aliphatic heterocycles. The van der Waals surface area contributed by atoms with Gasteiger partial charge in [-0.3, -0.25) is 9.59 Å². The number of likely N-dealkylation sites (N-methyl/N-ethyl adjacent to an activating group) is 1. The summed E-state index contributed by atoms with van der Waals surface area (Å²) in [5, 5.41) is 0. The van der Waals surface area contributed by atoms with Crippen molar-refractivity contribution < 1.29 is 23.8 Å². The van der Waals surface area contributed by atoms with E-state index in [4.69, 9.17) is 14.2 Å². The lowest BCUT2D eigenvalue weighted by Crippen LogP contribution is -2.50. The largest absolute Gasteiger partial charge is 0.476 e. The zero-order chi connectivity index (χ0) is 18.3. The first-order valence-corrected chi connectivity index (χ1v) is 8.23. The molecule has 0 fully saturated rings. The quantitative estimate of drug-likeness (QED) is 0.824. The average molecular weight is 354 g/mol. The fourth-order valence-corrected chi connectivity index (χ4v) is 3.03. The molecule has 7 heteroatoms. The van der Waals surface area contributed by atoms with Crippen LogP contribution in [-0.2, 0) is 4.79 Å². The van der Waals surface area contributed by atoms with Crippen LogP contribution in [0.5, 0.6) is 17.2 Å². The Morgan fingerprint density at radius 2 is 1.81 bits per heavy atom. The molecular formula is C19H18N2O5. The Morgan fingerprint density at radius 1 is 1.04 bits per heavy atom. The highest BCUT2D eigenvalue weighted by Gasteiger charge is 2.35. The number of nitrogens with zero attached hydrogens (tertiary/aromatic N) is 2. The number of para-hydroxylation sites is 2. The highest BCUT2D eigenvalue weighted by atomic mass is 16.7. The van der Waals surface area contributed by atoms with Gasteiger partial charge in [-0.25, -0.2) is 0 Å². The number of carbonyl (C=O) groups excluding carboxylic acids is 2. The Hall–Kier alpha value is -3.22. The molecule has 1 atom stereocenters. The topological polar surface area (TPSA) is 68.3 Å². The third-order valence-corrected chi connectivity index (χ3v) is 4.35. The van der Waals surface area contributed by atoms with Crippen LogP contribution in [0.4, 0.5) is 5.69 Å². The van der Waals surface area contributed by atoms with Crippen molar-refractivity contribution in [3.8, 4) is 17.2 Å². The Morgan fingerprint density at radius 3 is 2.62 bits per heavy atom. The maximum atomic E-state index is 13.1. The number of ether oxygens (including phenoxy) is 3. The summed E-state index contributed by atoms with van der Waals surface area (Å²) in [7, 11) is 3.33. The second-order valence-electron chi connectivity index (χ2n) is 6.29. The molecule has 2 heterocycles. The molecule has 0 bridgehead atoms. The summed E-state index contributed by atoms with van der Waals surface area (Å²) in [4.78, 5) is 28.6. The third-order valence-electron chi connectivity index (χ3n) is 4.35. The van der Waals surface area contributed by atoms with E-state index in [0.29, 0.717) is 28.5 Å². The average Bonchev–Trinajstić information content (AvgIpc) is 3.13. The van der Waals surface area contributed by atoms with E-state index in [1.54, 1.807) is 49.3 Å². The molecule has 0 saturated carbocycles. The van der Waals surface area contributed by atoms with E-state index in [1.165, 1.54) is 4.90 Å². The summed E-state index contributed by atoms with van der Waals surface area (Å²) in [6, 6.07) is 12.3. The molecule has 2 aromatic carbocycles. The van der Waals surface area contributed by atoms with Gasteiger partial charge >= 0.3 is 0 Å². The molecule has 2 aromatic rings. The van der Waals surface area contributed by atoms with Crippen molar-refractivity contribution in [1.29, 1.82) is 0 Å². The van der Waals surface area contributed by atoms with Gasteiger partial charge in [-0.1, -0.05) is 12.1 Å². The zero-order valence-electron chi connectivity index (χ0n) is 14.5. The Kier molecular flexibility index (Phi) is 3.91. The molecule has 7 nitrogen and oxygen atoms in total. The summed E-state index contributed by atoms with van der Waals surface area (Å²) in [5.74, 6) is 1.24. The summed E-state index contributed by atoms with van der Waals surface area (Å²) in [6.45, 7) is 0.286. The monoisotopic (exact) mass is 354 g/mol. The van der Waals surface area contributed by atoms with Gasteiger partial charge in [-0.15, -0.1) is 0 Å². The first-order chi connectivity index (χ1) is 12.5. The minimum absolute atomic E-state index is 0.140. The molecule has 134 valence electrons. The van der Waals surface area contributed by atoms with Crippen LogP contribution >= 0.6 is 0 Å². The number of benzene rings is 2. The number of rotatable bonds is 2. The normalized spacial score (nSPS) is 17.3. The van der Waals surface area contributed by atoms with Gasteiger partial charge in [0.25, 0.3) is 11.8 Å². The molecule has 0 aromatic heterocycles. The first-order valence-electron chi connectivity index (χ1n) is 8.23. The number of carbonyl (C=O) groups is 2. The van der Waals surface area contributed by atoms with Crippen LogP contribution in [0.15, 0.2) is 42.5 Å². The molecule has 0 saturated heterocycles. The van der Waals surface area contributed by atoms with Gasteiger partial charge < -0.3 is 24.0 Å². The van der Waals surface area contributed by atoms with Crippen molar-refractivity contribution in [3.05, 3.63) is 48.0 Å². The molecule has 0 aliphatic carbocycles. The molecular weight excluding hydrogens is 336 g/mol. The summed E-state index contributed by atoms with van der Waals surface area (Å²) in [5.41, 5.74) is 1.10. The second kappa shape index (κ2) is 6.25. The van der Waals surface area contributed by atoms with E-state index >= 15 is 0 Å². The maximum Gasteiger partial charge on any atom is 0.265 e.